The van der Waals surface area contributed by atoms with E-state index >= 15 is 0 Å². The van der Waals surface area contributed by atoms with Gasteiger partial charge in [0.05, 0.1) is 5.56 Å². The first-order valence-electron chi connectivity index (χ1n) is 5.98. The summed E-state index contributed by atoms with van der Waals surface area (Å²) in [6.07, 6.45) is 1.47. The highest BCUT2D eigenvalue weighted by atomic mass is 35.5. The molecule has 0 aliphatic heterocycles. The van der Waals surface area contributed by atoms with E-state index in [0.717, 1.165) is 0 Å². The predicted octanol–water partition coefficient (Wildman–Crippen LogP) is 2.05. The number of pyridine rings is 1. The average Bonchev–Trinajstić information content (AvgIpc) is 2.36. The second-order valence-corrected chi connectivity index (χ2v) is 4.88. The summed E-state index contributed by atoms with van der Waals surface area (Å²) < 4.78 is 4.88. The molecule has 6 heteroatoms. The third-order valence-electron chi connectivity index (χ3n) is 2.70. The van der Waals surface area contributed by atoms with Crippen molar-refractivity contribution in [2.45, 2.75) is 26.8 Å². The van der Waals surface area contributed by atoms with Crippen LogP contribution < -0.4 is 5.32 Å². The number of esters is 1. The maximum atomic E-state index is 11.7. The van der Waals surface area contributed by atoms with Crippen LogP contribution in [-0.2, 0) is 9.53 Å². The molecule has 0 saturated carbocycles. The SMILES string of the molecule is CC(C)[C@@H](C)NC(=O)COC(=O)c1cccnc1Cl. The summed E-state index contributed by atoms with van der Waals surface area (Å²) in [6, 6.07) is 3.09. The van der Waals surface area contributed by atoms with Crippen LogP contribution in [0.4, 0.5) is 0 Å². The summed E-state index contributed by atoms with van der Waals surface area (Å²) in [5, 5.41) is 2.79. The summed E-state index contributed by atoms with van der Waals surface area (Å²) >= 11 is 5.75. The van der Waals surface area contributed by atoms with Crippen molar-refractivity contribution in [3.8, 4) is 0 Å². The molecule has 104 valence electrons. The Hall–Kier alpha value is -1.62. The zero-order chi connectivity index (χ0) is 14.4. The van der Waals surface area contributed by atoms with Gasteiger partial charge in [0.15, 0.2) is 6.61 Å². The van der Waals surface area contributed by atoms with Gasteiger partial charge in [0, 0.05) is 12.2 Å². The molecule has 19 heavy (non-hydrogen) atoms. The Morgan fingerprint density at radius 3 is 2.68 bits per heavy atom. The van der Waals surface area contributed by atoms with E-state index in [1.807, 2.05) is 20.8 Å². The summed E-state index contributed by atoms with van der Waals surface area (Å²) in [5.74, 6) is -0.688. The average molecular weight is 285 g/mol. The first kappa shape index (κ1) is 15.4. The van der Waals surface area contributed by atoms with Crippen molar-refractivity contribution in [2.75, 3.05) is 6.61 Å². The Balaban J connectivity index is 2.47. The van der Waals surface area contributed by atoms with Gasteiger partial charge in [0.1, 0.15) is 5.15 Å². The number of rotatable bonds is 5. The summed E-state index contributed by atoms with van der Waals surface area (Å²) in [4.78, 5) is 27.0. The van der Waals surface area contributed by atoms with E-state index in [0.29, 0.717) is 5.92 Å². The van der Waals surface area contributed by atoms with Crippen LogP contribution in [0.2, 0.25) is 5.15 Å². The predicted molar refractivity (Wildman–Crippen MR) is 72.0 cm³/mol. The van der Waals surface area contributed by atoms with Crippen molar-refractivity contribution in [2.24, 2.45) is 5.92 Å². The molecular weight excluding hydrogens is 268 g/mol. The molecule has 1 N–H and O–H groups in total. The maximum absolute atomic E-state index is 11.7. The Morgan fingerprint density at radius 2 is 2.11 bits per heavy atom. The van der Waals surface area contributed by atoms with Gasteiger partial charge in [0.25, 0.3) is 5.91 Å². The van der Waals surface area contributed by atoms with Gasteiger partial charge in [-0.1, -0.05) is 25.4 Å². The number of carbonyl (C=O) groups is 2. The molecule has 0 fully saturated rings. The summed E-state index contributed by atoms with van der Waals surface area (Å²) in [5.41, 5.74) is 0.147. The minimum Gasteiger partial charge on any atom is -0.452 e. The van der Waals surface area contributed by atoms with Gasteiger partial charge >= 0.3 is 5.97 Å². The highest BCUT2D eigenvalue weighted by molar-refractivity contribution is 6.32. The molecule has 0 spiro atoms. The number of hydrogen-bond donors (Lipinski definition) is 1. The summed E-state index contributed by atoms with van der Waals surface area (Å²) in [6.45, 7) is 5.54. The largest absolute Gasteiger partial charge is 0.452 e. The van der Waals surface area contributed by atoms with Crippen molar-refractivity contribution in [1.29, 1.82) is 0 Å². The van der Waals surface area contributed by atoms with Gasteiger partial charge in [-0.3, -0.25) is 4.79 Å². The Kier molecular flexibility index (Phi) is 5.76. The molecule has 0 radical (unpaired) electrons. The lowest BCUT2D eigenvalue weighted by atomic mass is 10.1. The van der Waals surface area contributed by atoms with Crippen LogP contribution in [-0.4, -0.2) is 29.5 Å². The molecule has 0 aliphatic rings. The molecular formula is C13H17ClN2O3. The second-order valence-electron chi connectivity index (χ2n) is 4.52. The van der Waals surface area contributed by atoms with Gasteiger partial charge in [-0.05, 0) is 25.0 Å². The van der Waals surface area contributed by atoms with Gasteiger partial charge in [-0.2, -0.15) is 0 Å². The zero-order valence-electron chi connectivity index (χ0n) is 11.1. The summed E-state index contributed by atoms with van der Waals surface area (Å²) in [7, 11) is 0. The van der Waals surface area contributed by atoms with Crippen molar-refractivity contribution in [1.82, 2.24) is 10.3 Å². The number of amides is 1. The first-order chi connectivity index (χ1) is 8.91. The fourth-order valence-electron chi connectivity index (χ4n) is 1.21. The van der Waals surface area contributed by atoms with Crippen LogP contribution in [0.1, 0.15) is 31.1 Å². The number of ether oxygens (including phenoxy) is 1. The van der Waals surface area contributed by atoms with E-state index in [1.165, 1.54) is 12.3 Å². The highest BCUT2D eigenvalue weighted by Gasteiger charge is 2.15. The zero-order valence-corrected chi connectivity index (χ0v) is 11.9. The molecule has 1 amide bonds. The second kappa shape index (κ2) is 7.09. The fourth-order valence-corrected chi connectivity index (χ4v) is 1.41. The third kappa shape index (κ3) is 4.87. The van der Waals surface area contributed by atoms with Crippen molar-refractivity contribution in [3.05, 3.63) is 29.0 Å². The monoisotopic (exact) mass is 284 g/mol. The highest BCUT2D eigenvalue weighted by Crippen LogP contribution is 2.12. The molecule has 0 bridgehead atoms. The van der Waals surface area contributed by atoms with E-state index in [4.69, 9.17) is 16.3 Å². The van der Waals surface area contributed by atoms with Crippen molar-refractivity contribution < 1.29 is 14.3 Å². The van der Waals surface area contributed by atoms with Crippen molar-refractivity contribution in [3.63, 3.8) is 0 Å². The molecule has 1 aromatic heterocycles. The minimum absolute atomic E-state index is 0.0215. The van der Waals surface area contributed by atoms with Crippen LogP contribution in [0.3, 0.4) is 0 Å². The van der Waals surface area contributed by atoms with E-state index in [9.17, 15) is 9.59 Å². The lowest BCUT2D eigenvalue weighted by Gasteiger charge is -2.17. The molecule has 1 aromatic rings. The van der Waals surface area contributed by atoms with Crippen LogP contribution in [0.25, 0.3) is 0 Å². The molecule has 0 saturated heterocycles. The lowest BCUT2D eigenvalue weighted by molar-refractivity contribution is -0.125. The fraction of sp³-hybridized carbons (Fsp3) is 0.462. The van der Waals surface area contributed by atoms with E-state index < -0.39 is 5.97 Å². The van der Waals surface area contributed by atoms with E-state index in [-0.39, 0.29) is 29.3 Å². The minimum atomic E-state index is -0.662. The normalized spacial score (nSPS) is 12.1. The third-order valence-corrected chi connectivity index (χ3v) is 3.00. The maximum Gasteiger partial charge on any atom is 0.341 e. The topological polar surface area (TPSA) is 68.3 Å². The van der Waals surface area contributed by atoms with Gasteiger partial charge in [-0.25, -0.2) is 9.78 Å². The van der Waals surface area contributed by atoms with Crippen LogP contribution >= 0.6 is 11.6 Å². The first-order valence-corrected chi connectivity index (χ1v) is 6.36. The number of aromatic nitrogens is 1. The molecule has 0 unspecified atom stereocenters. The number of hydrogen-bond acceptors (Lipinski definition) is 4. The van der Waals surface area contributed by atoms with Gasteiger partial charge in [-0.15, -0.1) is 0 Å². The van der Waals surface area contributed by atoms with Gasteiger partial charge < -0.3 is 10.1 Å². The van der Waals surface area contributed by atoms with E-state index in [1.54, 1.807) is 6.07 Å². The number of carbonyl (C=O) groups excluding carboxylic acids is 2. The Labute approximate surface area is 117 Å². The molecule has 5 nitrogen and oxygen atoms in total. The lowest BCUT2D eigenvalue weighted by Crippen LogP contribution is -2.38. The standard InChI is InChI=1S/C13H17ClN2O3/c1-8(2)9(3)16-11(17)7-19-13(18)10-5-4-6-15-12(10)14/h4-6,8-9H,7H2,1-3H3,(H,16,17)/t9-/m1/s1. The molecule has 1 heterocycles. The molecule has 1 rings (SSSR count). The van der Waals surface area contributed by atoms with Crippen molar-refractivity contribution >= 4 is 23.5 Å². The smallest absolute Gasteiger partial charge is 0.341 e. The number of nitrogens with one attached hydrogen (secondary N) is 1. The Morgan fingerprint density at radius 1 is 1.42 bits per heavy atom. The molecule has 1 atom stereocenters. The van der Waals surface area contributed by atoms with Crippen LogP contribution in [0, 0.1) is 5.92 Å². The number of halogens is 1. The van der Waals surface area contributed by atoms with E-state index in [2.05, 4.69) is 10.3 Å². The quantitative estimate of drug-likeness (QED) is 0.664. The Bertz CT molecular complexity index is 463. The van der Waals surface area contributed by atoms with Crippen LogP contribution in [0.15, 0.2) is 18.3 Å². The molecule has 0 aromatic carbocycles. The van der Waals surface area contributed by atoms with Gasteiger partial charge in [0.2, 0.25) is 0 Å². The van der Waals surface area contributed by atoms with Crippen LogP contribution in [0.5, 0.6) is 0 Å². The molecule has 0 aliphatic carbocycles. The number of nitrogens with zero attached hydrogens (tertiary/aromatic N) is 1.